The van der Waals surface area contributed by atoms with E-state index in [1.807, 2.05) is 6.26 Å². The third-order valence-corrected chi connectivity index (χ3v) is 4.85. The van der Waals surface area contributed by atoms with Crippen molar-refractivity contribution in [3.63, 3.8) is 0 Å². The molecule has 1 aliphatic rings. The molecule has 5 heteroatoms. The second-order valence-electron chi connectivity index (χ2n) is 4.30. The highest BCUT2D eigenvalue weighted by Crippen LogP contribution is 2.41. The molecule has 0 aromatic carbocycles. The second kappa shape index (κ2) is 6.89. The van der Waals surface area contributed by atoms with Crippen LogP contribution in [0.2, 0.25) is 0 Å². The van der Waals surface area contributed by atoms with Gasteiger partial charge < -0.3 is 10.1 Å². The minimum absolute atomic E-state index is 0.189. The molecule has 1 unspecified atom stereocenters. The molecule has 0 spiro atoms. The van der Waals surface area contributed by atoms with Crippen molar-refractivity contribution in [2.24, 2.45) is 0 Å². The molecule has 1 N–H and O–H groups in total. The maximum atomic E-state index is 11.9. The van der Waals surface area contributed by atoms with Gasteiger partial charge in [-0.05, 0) is 26.0 Å². The lowest BCUT2D eigenvalue weighted by Crippen LogP contribution is -2.54. The van der Waals surface area contributed by atoms with Crippen LogP contribution >= 0.6 is 11.8 Å². The van der Waals surface area contributed by atoms with Crippen LogP contribution in [0.25, 0.3) is 0 Å². The first-order valence-electron chi connectivity index (χ1n) is 6.11. The van der Waals surface area contributed by atoms with Crippen LogP contribution in [0.15, 0.2) is 0 Å². The highest BCUT2D eigenvalue weighted by atomic mass is 32.2. The van der Waals surface area contributed by atoms with E-state index < -0.39 is 6.04 Å². The van der Waals surface area contributed by atoms with E-state index >= 15 is 0 Å². The van der Waals surface area contributed by atoms with Gasteiger partial charge in [0.25, 0.3) is 0 Å². The quantitative estimate of drug-likeness (QED) is 0.583. The Morgan fingerprint density at radius 3 is 2.59 bits per heavy atom. The summed E-state index contributed by atoms with van der Waals surface area (Å²) >= 11 is 1.67. The topological polar surface area (TPSA) is 55.4 Å². The van der Waals surface area contributed by atoms with Gasteiger partial charge in [-0.1, -0.05) is 19.3 Å². The van der Waals surface area contributed by atoms with Crippen molar-refractivity contribution < 1.29 is 14.3 Å². The Hall–Kier alpha value is -0.710. The van der Waals surface area contributed by atoms with Gasteiger partial charge in [0.1, 0.15) is 6.04 Å². The van der Waals surface area contributed by atoms with Crippen LogP contribution in [-0.4, -0.2) is 36.0 Å². The second-order valence-corrected chi connectivity index (χ2v) is 5.52. The Balaban J connectivity index is 2.84. The molecule has 0 aromatic heterocycles. The van der Waals surface area contributed by atoms with Gasteiger partial charge in [0.2, 0.25) is 6.41 Å². The van der Waals surface area contributed by atoms with Gasteiger partial charge in [0.15, 0.2) is 0 Å². The lowest BCUT2D eigenvalue weighted by Gasteiger charge is -2.40. The van der Waals surface area contributed by atoms with Crippen LogP contribution in [0.1, 0.15) is 39.0 Å². The molecule has 0 aliphatic heterocycles. The van der Waals surface area contributed by atoms with E-state index in [9.17, 15) is 9.59 Å². The number of rotatable bonds is 6. The van der Waals surface area contributed by atoms with Crippen LogP contribution in [0.4, 0.5) is 0 Å². The van der Waals surface area contributed by atoms with Gasteiger partial charge in [-0.3, -0.25) is 4.79 Å². The molecular formula is C12H21NO3S. The van der Waals surface area contributed by atoms with Crippen molar-refractivity contribution in [3.8, 4) is 0 Å². The van der Waals surface area contributed by atoms with E-state index in [1.54, 1.807) is 18.7 Å². The molecule has 0 aromatic rings. The molecule has 1 aliphatic carbocycles. The maximum Gasteiger partial charge on any atom is 0.330 e. The molecule has 98 valence electrons. The molecule has 1 saturated carbocycles. The summed E-state index contributed by atoms with van der Waals surface area (Å²) in [5.41, 5.74) is 0. The Bertz CT molecular complexity index is 264. The summed E-state index contributed by atoms with van der Waals surface area (Å²) in [6.45, 7) is 2.13. The maximum absolute atomic E-state index is 11.9. The molecular weight excluding hydrogens is 238 g/mol. The number of esters is 1. The number of carbonyl (C=O) groups is 2. The lowest BCUT2D eigenvalue weighted by molar-refractivity contribution is -0.147. The van der Waals surface area contributed by atoms with Crippen molar-refractivity contribution in [2.45, 2.75) is 49.8 Å². The summed E-state index contributed by atoms with van der Waals surface area (Å²) in [7, 11) is 0. The van der Waals surface area contributed by atoms with Crippen LogP contribution in [-0.2, 0) is 14.3 Å². The largest absolute Gasteiger partial charge is 0.464 e. The summed E-state index contributed by atoms with van der Waals surface area (Å²) < 4.78 is 4.87. The SMILES string of the molecule is CCOC(=O)C(NC=O)C1(SC)CCCCC1. The van der Waals surface area contributed by atoms with Crippen LogP contribution in [0.5, 0.6) is 0 Å². The first kappa shape index (κ1) is 14.4. The van der Waals surface area contributed by atoms with E-state index in [0.29, 0.717) is 13.0 Å². The van der Waals surface area contributed by atoms with Crippen molar-refractivity contribution in [1.29, 1.82) is 0 Å². The monoisotopic (exact) mass is 259 g/mol. The number of hydrogen-bond acceptors (Lipinski definition) is 4. The highest BCUT2D eigenvalue weighted by Gasteiger charge is 2.44. The Labute approximate surface area is 107 Å². The lowest BCUT2D eigenvalue weighted by atomic mass is 9.82. The van der Waals surface area contributed by atoms with Crippen molar-refractivity contribution in [1.82, 2.24) is 5.32 Å². The molecule has 1 amide bonds. The van der Waals surface area contributed by atoms with Crippen LogP contribution < -0.4 is 5.32 Å². The first-order valence-corrected chi connectivity index (χ1v) is 7.34. The normalized spacial score (nSPS) is 20.4. The predicted molar refractivity (Wildman–Crippen MR) is 69.0 cm³/mol. The third-order valence-electron chi connectivity index (χ3n) is 3.39. The average molecular weight is 259 g/mol. The summed E-state index contributed by atoms with van der Waals surface area (Å²) in [5.74, 6) is -0.309. The molecule has 0 bridgehead atoms. The van der Waals surface area contributed by atoms with Gasteiger partial charge in [0, 0.05) is 4.75 Å². The molecule has 1 fully saturated rings. The fourth-order valence-corrected chi connectivity index (χ4v) is 3.59. The molecule has 0 radical (unpaired) electrons. The molecule has 1 rings (SSSR count). The summed E-state index contributed by atoms with van der Waals surface area (Å²) in [6, 6.07) is -0.518. The van der Waals surface area contributed by atoms with Crippen molar-refractivity contribution >= 4 is 24.1 Å². The summed E-state index contributed by atoms with van der Waals surface area (Å²) in [5, 5.41) is 2.65. The number of ether oxygens (including phenoxy) is 1. The average Bonchev–Trinajstić information content (AvgIpc) is 2.37. The van der Waals surface area contributed by atoms with Crippen LogP contribution in [0.3, 0.4) is 0 Å². The first-order chi connectivity index (χ1) is 8.20. The molecule has 0 saturated heterocycles. The third kappa shape index (κ3) is 3.37. The van der Waals surface area contributed by atoms with Gasteiger partial charge in [-0.25, -0.2) is 4.79 Å². The summed E-state index contributed by atoms with van der Waals surface area (Å²) in [4.78, 5) is 22.6. The molecule has 1 atom stereocenters. The van der Waals surface area contributed by atoms with Crippen LogP contribution in [0, 0.1) is 0 Å². The zero-order chi connectivity index (χ0) is 12.7. The molecule has 17 heavy (non-hydrogen) atoms. The Kier molecular flexibility index (Phi) is 5.82. The highest BCUT2D eigenvalue weighted by molar-refractivity contribution is 8.00. The van der Waals surface area contributed by atoms with Gasteiger partial charge >= 0.3 is 5.97 Å². The van der Waals surface area contributed by atoms with E-state index in [-0.39, 0.29) is 10.7 Å². The van der Waals surface area contributed by atoms with E-state index in [2.05, 4.69) is 5.32 Å². The van der Waals surface area contributed by atoms with E-state index in [0.717, 1.165) is 25.7 Å². The van der Waals surface area contributed by atoms with Gasteiger partial charge in [-0.15, -0.1) is 0 Å². The minimum atomic E-state index is -0.518. The molecule has 0 heterocycles. The minimum Gasteiger partial charge on any atom is -0.464 e. The molecule has 4 nitrogen and oxygen atoms in total. The van der Waals surface area contributed by atoms with Gasteiger partial charge in [0.05, 0.1) is 6.61 Å². The number of thioether (sulfide) groups is 1. The number of amides is 1. The number of carbonyl (C=O) groups excluding carboxylic acids is 2. The Morgan fingerprint density at radius 2 is 2.12 bits per heavy atom. The zero-order valence-electron chi connectivity index (χ0n) is 10.5. The zero-order valence-corrected chi connectivity index (χ0v) is 11.3. The Morgan fingerprint density at radius 1 is 1.47 bits per heavy atom. The van der Waals surface area contributed by atoms with Crippen molar-refractivity contribution in [3.05, 3.63) is 0 Å². The van der Waals surface area contributed by atoms with Crippen molar-refractivity contribution in [2.75, 3.05) is 12.9 Å². The standard InChI is InChI=1S/C12H21NO3S/c1-3-16-11(15)10(13-9-14)12(17-2)7-5-4-6-8-12/h9-10H,3-8H2,1-2H3,(H,13,14). The fourth-order valence-electron chi connectivity index (χ4n) is 2.49. The number of nitrogens with one attached hydrogen (secondary N) is 1. The fraction of sp³-hybridized carbons (Fsp3) is 0.833. The smallest absolute Gasteiger partial charge is 0.330 e. The number of hydrogen-bond donors (Lipinski definition) is 1. The predicted octanol–water partition coefficient (Wildman–Crippen LogP) is 1.73. The van der Waals surface area contributed by atoms with Gasteiger partial charge in [-0.2, -0.15) is 11.8 Å². The van der Waals surface area contributed by atoms with E-state index in [1.165, 1.54) is 6.42 Å². The van der Waals surface area contributed by atoms with E-state index in [4.69, 9.17) is 4.74 Å². The summed E-state index contributed by atoms with van der Waals surface area (Å²) in [6.07, 6.45) is 7.95.